The van der Waals surface area contributed by atoms with E-state index in [0.717, 1.165) is 51.6 Å². The van der Waals surface area contributed by atoms with Gasteiger partial charge in [0.1, 0.15) is 5.75 Å². The Morgan fingerprint density at radius 3 is 2.63 bits per heavy atom. The van der Waals surface area contributed by atoms with Crippen LogP contribution in [0, 0.1) is 0 Å². The quantitative estimate of drug-likeness (QED) is 0.824. The number of rotatable bonds is 4. The fourth-order valence-corrected chi connectivity index (χ4v) is 4.65. The molecule has 0 saturated carbocycles. The fraction of sp³-hybridized carbons (Fsp3) is 0.478. The fourth-order valence-electron chi connectivity index (χ4n) is 4.65. The summed E-state index contributed by atoms with van der Waals surface area (Å²) in [4.78, 5) is 5.04. The molecule has 0 radical (unpaired) electrons. The molecule has 2 aromatic carbocycles. The normalized spacial score (nSPS) is 22.7. The molecule has 142 valence electrons. The molecule has 4 heteroatoms. The van der Waals surface area contributed by atoms with Crippen molar-refractivity contribution in [3.05, 3.63) is 59.2 Å². The number of ether oxygens (including phenoxy) is 2. The number of hydrogen-bond acceptors (Lipinski definition) is 4. The molecule has 2 aromatic rings. The molecule has 3 aliphatic rings. The predicted octanol–water partition coefficient (Wildman–Crippen LogP) is 3.80. The zero-order valence-corrected chi connectivity index (χ0v) is 15.9. The minimum absolute atomic E-state index is 0.512. The molecule has 2 saturated heterocycles. The highest BCUT2D eigenvalue weighted by molar-refractivity contribution is 5.48. The average molecular weight is 364 g/mol. The molecule has 0 spiro atoms. The molecule has 0 bridgehead atoms. The van der Waals surface area contributed by atoms with E-state index in [1.807, 2.05) is 0 Å². The molecule has 3 heterocycles. The highest BCUT2D eigenvalue weighted by Crippen LogP contribution is 2.37. The van der Waals surface area contributed by atoms with E-state index in [1.54, 1.807) is 0 Å². The minimum Gasteiger partial charge on any atom is -0.493 e. The predicted molar refractivity (Wildman–Crippen MR) is 108 cm³/mol. The summed E-state index contributed by atoms with van der Waals surface area (Å²) in [5.41, 5.74) is 5.49. The first-order chi connectivity index (χ1) is 13.4. The van der Waals surface area contributed by atoms with Crippen LogP contribution in [0.4, 0.5) is 5.69 Å². The lowest BCUT2D eigenvalue weighted by atomic mass is 10.0. The van der Waals surface area contributed by atoms with E-state index < -0.39 is 0 Å². The number of benzene rings is 2. The number of fused-ring (bicyclic) bond motifs is 1. The summed E-state index contributed by atoms with van der Waals surface area (Å²) in [5, 5.41) is 0. The van der Waals surface area contributed by atoms with Crippen molar-refractivity contribution >= 4 is 5.69 Å². The smallest absolute Gasteiger partial charge is 0.122 e. The van der Waals surface area contributed by atoms with Gasteiger partial charge in [0, 0.05) is 37.8 Å². The van der Waals surface area contributed by atoms with Crippen molar-refractivity contribution in [3.8, 4) is 5.75 Å². The maximum absolute atomic E-state index is 5.79. The van der Waals surface area contributed by atoms with Crippen LogP contribution in [0.2, 0.25) is 0 Å². The highest BCUT2D eigenvalue weighted by Gasteiger charge is 2.27. The topological polar surface area (TPSA) is 24.9 Å². The molecule has 0 aromatic heterocycles. The lowest BCUT2D eigenvalue weighted by Gasteiger charge is -2.29. The third-order valence-electron chi connectivity index (χ3n) is 6.17. The Morgan fingerprint density at radius 2 is 1.78 bits per heavy atom. The van der Waals surface area contributed by atoms with Gasteiger partial charge in [-0.3, -0.25) is 4.90 Å². The Bertz CT molecular complexity index is 783. The molecule has 27 heavy (non-hydrogen) atoms. The number of likely N-dealkylation sites (tertiary alicyclic amines) is 1. The molecule has 3 aliphatic heterocycles. The first-order valence-electron chi connectivity index (χ1n) is 10.3. The Morgan fingerprint density at radius 1 is 0.926 bits per heavy atom. The van der Waals surface area contributed by atoms with Gasteiger partial charge in [0.2, 0.25) is 0 Å². The lowest BCUT2D eigenvalue weighted by molar-refractivity contribution is 0.122. The van der Waals surface area contributed by atoms with Gasteiger partial charge in [-0.2, -0.15) is 0 Å². The van der Waals surface area contributed by atoms with Crippen molar-refractivity contribution < 1.29 is 9.47 Å². The molecule has 0 aliphatic carbocycles. The van der Waals surface area contributed by atoms with Gasteiger partial charge in [0.05, 0.1) is 19.8 Å². The van der Waals surface area contributed by atoms with Gasteiger partial charge < -0.3 is 14.4 Å². The average Bonchev–Trinajstić information content (AvgIpc) is 3.38. The van der Waals surface area contributed by atoms with Crippen molar-refractivity contribution in [2.75, 3.05) is 44.4 Å². The van der Waals surface area contributed by atoms with Gasteiger partial charge in [0.15, 0.2) is 0 Å². The van der Waals surface area contributed by atoms with Crippen LogP contribution < -0.4 is 9.64 Å². The van der Waals surface area contributed by atoms with Gasteiger partial charge in [-0.1, -0.05) is 24.3 Å². The Labute approximate surface area is 161 Å². The van der Waals surface area contributed by atoms with E-state index in [9.17, 15) is 0 Å². The maximum atomic E-state index is 5.79. The molecule has 1 atom stereocenters. The highest BCUT2D eigenvalue weighted by atomic mass is 16.5. The van der Waals surface area contributed by atoms with Crippen molar-refractivity contribution in [2.45, 2.75) is 31.8 Å². The van der Waals surface area contributed by atoms with Crippen LogP contribution in [0.15, 0.2) is 42.5 Å². The van der Waals surface area contributed by atoms with E-state index in [0.29, 0.717) is 6.04 Å². The van der Waals surface area contributed by atoms with E-state index in [-0.39, 0.29) is 0 Å². The van der Waals surface area contributed by atoms with E-state index in [4.69, 9.17) is 9.47 Å². The second-order valence-corrected chi connectivity index (χ2v) is 7.86. The van der Waals surface area contributed by atoms with Crippen molar-refractivity contribution in [2.24, 2.45) is 0 Å². The van der Waals surface area contributed by atoms with Gasteiger partial charge in [-0.05, 0) is 54.3 Å². The monoisotopic (exact) mass is 364 g/mol. The summed E-state index contributed by atoms with van der Waals surface area (Å²) < 4.78 is 11.2. The molecule has 4 nitrogen and oxygen atoms in total. The second kappa shape index (κ2) is 7.53. The standard InChI is InChI=1S/C23H28N2O2/c1-2-22(20-6-5-19-9-13-27-23(19)16-20)25(10-1)17-18-3-7-21(8-4-18)24-11-14-26-15-12-24/h3-8,16,22H,1-2,9-15,17H2/t22-/m0/s1. The molecular formula is C23H28N2O2. The second-order valence-electron chi connectivity index (χ2n) is 7.86. The number of nitrogens with zero attached hydrogens (tertiary/aromatic N) is 2. The third-order valence-corrected chi connectivity index (χ3v) is 6.17. The number of morpholine rings is 1. The van der Waals surface area contributed by atoms with Crippen LogP contribution in [-0.4, -0.2) is 44.4 Å². The van der Waals surface area contributed by atoms with Crippen LogP contribution in [0.3, 0.4) is 0 Å². The molecular weight excluding hydrogens is 336 g/mol. The SMILES string of the molecule is c1cc(N2CCOCC2)ccc1CN1CCC[C@H]1c1ccc2c(c1)OCC2. The van der Waals surface area contributed by atoms with Crippen LogP contribution in [-0.2, 0) is 17.7 Å². The zero-order chi connectivity index (χ0) is 18.1. The summed E-state index contributed by atoms with van der Waals surface area (Å²) in [6.07, 6.45) is 3.57. The molecule has 0 unspecified atom stereocenters. The number of hydrogen-bond donors (Lipinski definition) is 0. The van der Waals surface area contributed by atoms with Gasteiger partial charge in [-0.25, -0.2) is 0 Å². The summed E-state index contributed by atoms with van der Waals surface area (Å²) in [6.45, 7) is 6.69. The Hall–Kier alpha value is -2.04. The zero-order valence-electron chi connectivity index (χ0n) is 15.9. The van der Waals surface area contributed by atoms with E-state index in [1.165, 1.54) is 41.8 Å². The van der Waals surface area contributed by atoms with Crippen LogP contribution in [0.1, 0.15) is 35.6 Å². The summed E-state index contributed by atoms with van der Waals surface area (Å²) in [5.74, 6) is 1.11. The molecule has 2 fully saturated rings. The number of anilines is 1. The summed E-state index contributed by atoms with van der Waals surface area (Å²) >= 11 is 0. The molecule has 0 amide bonds. The molecule has 0 N–H and O–H groups in total. The molecule has 5 rings (SSSR count). The van der Waals surface area contributed by atoms with Crippen molar-refractivity contribution in [1.29, 1.82) is 0 Å². The van der Waals surface area contributed by atoms with Gasteiger partial charge in [0.25, 0.3) is 0 Å². The first kappa shape index (κ1) is 17.1. The largest absolute Gasteiger partial charge is 0.493 e. The maximum Gasteiger partial charge on any atom is 0.122 e. The van der Waals surface area contributed by atoms with Crippen LogP contribution in [0.5, 0.6) is 5.75 Å². The van der Waals surface area contributed by atoms with Crippen molar-refractivity contribution in [3.63, 3.8) is 0 Å². The lowest BCUT2D eigenvalue weighted by Crippen LogP contribution is -2.36. The van der Waals surface area contributed by atoms with Crippen LogP contribution >= 0.6 is 0 Å². The van der Waals surface area contributed by atoms with Crippen LogP contribution in [0.25, 0.3) is 0 Å². The van der Waals surface area contributed by atoms with Gasteiger partial charge >= 0.3 is 0 Å². The third kappa shape index (κ3) is 3.56. The van der Waals surface area contributed by atoms with Gasteiger partial charge in [-0.15, -0.1) is 0 Å². The summed E-state index contributed by atoms with van der Waals surface area (Å²) in [7, 11) is 0. The first-order valence-corrected chi connectivity index (χ1v) is 10.3. The summed E-state index contributed by atoms with van der Waals surface area (Å²) in [6, 6.07) is 16.5. The van der Waals surface area contributed by atoms with E-state index >= 15 is 0 Å². The Kier molecular flexibility index (Phi) is 4.76. The minimum atomic E-state index is 0.512. The Balaban J connectivity index is 1.28. The van der Waals surface area contributed by atoms with E-state index in [2.05, 4.69) is 52.3 Å². The van der Waals surface area contributed by atoms with Crippen molar-refractivity contribution in [1.82, 2.24) is 4.90 Å².